The quantitative estimate of drug-likeness (QED) is 0.568. The van der Waals surface area contributed by atoms with Crippen LogP contribution < -0.4 is 0 Å². The summed E-state index contributed by atoms with van der Waals surface area (Å²) in [4.78, 5) is 0. The lowest BCUT2D eigenvalue weighted by Crippen LogP contribution is -2.21. The maximum absolute atomic E-state index is 9.64. The Labute approximate surface area is 99.9 Å². The van der Waals surface area contributed by atoms with Gasteiger partial charge in [-0.25, -0.2) is 0 Å². The predicted molar refractivity (Wildman–Crippen MR) is 69.0 cm³/mol. The van der Waals surface area contributed by atoms with Crippen LogP contribution in [0.25, 0.3) is 0 Å². The van der Waals surface area contributed by atoms with Crippen LogP contribution in [0.15, 0.2) is 11.1 Å². The molecule has 0 fully saturated rings. The van der Waals surface area contributed by atoms with E-state index in [1.54, 1.807) is 12.5 Å². The van der Waals surface area contributed by atoms with Crippen LogP contribution in [0.2, 0.25) is 0 Å². The van der Waals surface area contributed by atoms with Crippen molar-refractivity contribution < 1.29 is 5.11 Å². The number of aliphatic hydroxyl groups is 1. The van der Waals surface area contributed by atoms with Crippen molar-refractivity contribution in [3.8, 4) is 11.8 Å². The van der Waals surface area contributed by atoms with Gasteiger partial charge < -0.3 is 5.11 Å². The molecule has 1 rings (SSSR count). The first kappa shape index (κ1) is 13.3. The minimum Gasteiger partial charge on any atom is -0.380 e. The Morgan fingerprint density at radius 2 is 2.12 bits per heavy atom. The molecule has 0 aromatic heterocycles. The Balaban J connectivity index is 2.66. The topological polar surface area (TPSA) is 20.2 Å². The number of hydrogen-bond donors (Lipinski definition) is 1. The van der Waals surface area contributed by atoms with Gasteiger partial charge in [0.15, 0.2) is 0 Å². The average molecular weight is 220 g/mol. The highest BCUT2D eigenvalue weighted by Gasteiger charge is 2.27. The minimum absolute atomic E-state index is 0.321. The fraction of sp³-hybridized carbons (Fsp3) is 0.733. The molecule has 0 saturated heterocycles. The molecule has 90 valence electrons. The summed E-state index contributed by atoms with van der Waals surface area (Å²) in [5.74, 6) is 5.58. The molecule has 16 heavy (non-hydrogen) atoms. The van der Waals surface area contributed by atoms with Crippen molar-refractivity contribution in [3.05, 3.63) is 11.1 Å². The van der Waals surface area contributed by atoms with Gasteiger partial charge in [0.05, 0.1) is 0 Å². The Kier molecular flexibility index (Phi) is 4.62. The molecule has 1 aliphatic rings. The van der Waals surface area contributed by atoms with Gasteiger partial charge in [-0.3, -0.25) is 0 Å². The first-order valence-electron chi connectivity index (χ1n) is 6.27. The molecule has 0 aromatic carbocycles. The van der Waals surface area contributed by atoms with Gasteiger partial charge in [-0.15, -0.1) is 5.92 Å². The largest absolute Gasteiger partial charge is 0.380 e. The van der Waals surface area contributed by atoms with Crippen molar-refractivity contribution >= 4 is 0 Å². The van der Waals surface area contributed by atoms with E-state index in [4.69, 9.17) is 0 Å². The van der Waals surface area contributed by atoms with Gasteiger partial charge in [0.2, 0.25) is 0 Å². The molecule has 0 radical (unpaired) electrons. The molecule has 1 aliphatic carbocycles. The van der Waals surface area contributed by atoms with E-state index >= 15 is 0 Å². The molecule has 0 bridgehead atoms. The number of hydrogen-bond acceptors (Lipinski definition) is 1. The maximum atomic E-state index is 9.64. The monoisotopic (exact) mass is 220 g/mol. The molecular formula is C15H24O. The molecule has 0 heterocycles. The highest BCUT2D eigenvalue weighted by molar-refractivity contribution is 5.22. The normalized spacial score (nSPS) is 21.3. The molecule has 1 heteroatoms. The van der Waals surface area contributed by atoms with Crippen molar-refractivity contribution in [1.82, 2.24) is 0 Å². The molecule has 0 aliphatic heterocycles. The van der Waals surface area contributed by atoms with Crippen molar-refractivity contribution in [2.75, 3.05) is 0 Å². The molecule has 1 unspecified atom stereocenters. The Morgan fingerprint density at radius 1 is 1.44 bits per heavy atom. The average Bonchev–Trinajstić information content (AvgIpc) is 2.16. The van der Waals surface area contributed by atoms with Crippen LogP contribution in [0, 0.1) is 17.3 Å². The van der Waals surface area contributed by atoms with Gasteiger partial charge in [-0.05, 0) is 51.4 Å². The number of rotatable bonds is 3. The SMILES string of the molecule is CC#CC(O)CCC1=C(C)CCCC1(C)C. The molecule has 0 spiro atoms. The van der Waals surface area contributed by atoms with Crippen LogP contribution in [0.1, 0.15) is 59.8 Å². The first-order valence-corrected chi connectivity index (χ1v) is 6.27. The van der Waals surface area contributed by atoms with Gasteiger partial charge in [-0.2, -0.15) is 0 Å². The zero-order valence-corrected chi connectivity index (χ0v) is 11.1. The highest BCUT2D eigenvalue weighted by Crippen LogP contribution is 2.42. The lowest BCUT2D eigenvalue weighted by molar-refractivity contribution is 0.217. The van der Waals surface area contributed by atoms with Crippen molar-refractivity contribution in [2.24, 2.45) is 5.41 Å². The van der Waals surface area contributed by atoms with Crippen molar-refractivity contribution in [3.63, 3.8) is 0 Å². The van der Waals surface area contributed by atoms with Crippen molar-refractivity contribution in [1.29, 1.82) is 0 Å². The summed E-state index contributed by atoms with van der Waals surface area (Å²) in [5.41, 5.74) is 3.41. The second-order valence-electron chi connectivity index (χ2n) is 5.45. The van der Waals surface area contributed by atoms with Gasteiger partial charge in [0, 0.05) is 0 Å². The number of allylic oxidation sites excluding steroid dienone is 2. The van der Waals surface area contributed by atoms with Crippen LogP contribution >= 0.6 is 0 Å². The van der Waals surface area contributed by atoms with E-state index in [-0.39, 0.29) is 0 Å². The third kappa shape index (κ3) is 3.39. The van der Waals surface area contributed by atoms with Gasteiger partial charge >= 0.3 is 0 Å². The molecule has 0 aromatic rings. The van der Waals surface area contributed by atoms with Gasteiger partial charge in [-0.1, -0.05) is 30.9 Å². The first-order chi connectivity index (χ1) is 7.47. The van der Waals surface area contributed by atoms with Crippen LogP contribution in [0.3, 0.4) is 0 Å². The lowest BCUT2D eigenvalue weighted by Gasteiger charge is -2.35. The van der Waals surface area contributed by atoms with E-state index in [1.165, 1.54) is 24.8 Å². The molecule has 1 atom stereocenters. The van der Waals surface area contributed by atoms with E-state index in [0.29, 0.717) is 5.41 Å². The second-order valence-corrected chi connectivity index (χ2v) is 5.45. The van der Waals surface area contributed by atoms with E-state index in [9.17, 15) is 5.11 Å². The summed E-state index contributed by atoms with van der Waals surface area (Å²) < 4.78 is 0. The number of aliphatic hydroxyl groups excluding tert-OH is 1. The summed E-state index contributed by atoms with van der Waals surface area (Å²) in [7, 11) is 0. The van der Waals surface area contributed by atoms with Crippen LogP contribution in [-0.4, -0.2) is 11.2 Å². The van der Waals surface area contributed by atoms with Crippen LogP contribution in [0.5, 0.6) is 0 Å². The summed E-state index contributed by atoms with van der Waals surface area (Å²) >= 11 is 0. The van der Waals surface area contributed by atoms with Gasteiger partial charge in [0.25, 0.3) is 0 Å². The molecule has 1 nitrogen and oxygen atoms in total. The Bertz CT molecular complexity index is 325. The van der Waals surface area contributed by atoms with Crippen molar-refractivity contribution in [2.45, 2.75) is 65.9 Å². The Morgan fingerprint density at radius 3 is 2.69 bits per heavy atom. The third-order valence-electron chi connectivity index (χ3n) is 3.66. The van der Waals surface area contributed by atoms with E-state index in [1.807, 2.05) is 0 Å². The third-order valence-corrected chi connectivity index (χ3v) is 3.66. The molecule has 0 saturated carbocycles. The van der Waals surface area contributed by atoms with E-state index < -0.39 is 6.10 Å². The Hall–Kier alpha value is -0.740. The maximum Gasteiger partial charge on any atom is 0.115 e. The summed E-state index contributed by atoms with van der Waals surface area (Å²) in [5, 5.41) is 9.64. The minimum atomic E-state index is -0.456. The smallest absolute Gasteiger partial charge is 0.115 e. The standard InChI is InChI=1S/C15H24O/c1-5-7-13(16)9-10-14-12(2)8-6-11-15(14,3)4/h13,16H,6,8-11H2,1-4H3. The highest BCUT2D eigenvalue weighted by atomic mass is 16.3. The predicted octanol–water partition coefficient (Wildman–Crippen LogP) is 3.68. The fourth-order valence-electron chi connectivity index (χ4n) is 2.75. The zero-order valence-electron chi connectivity index (χ0n) is 11.1. The molecule has 1 N–H and O–H groups in total. The van der Waals surface area contributed by atoms with E-state index in [2.05, 4.69) is 32.6 Å². The molecule has 0 amide bonds. The van der Waals surface area contributed by atoms with Crippen LogP contribution in [0.4, 0.5) is 0 Å². The molecular weight excluding hydrogens is 196 g/mol. The fourth-order valence-corrected chi connectivity index (χ4v) is 2.75. The van der Waals surface area contributed by atoms with Gasteiger partial charge in [0.1, 0.15) is 6.10 Å². The van der Waals surface area contributed by atoms with E-state index in [0.717, 1.165) is 12.8 Å². The summed E-state index contributed by atoms with van der Waals surface area (Å²) in [6.45, 7) is 8.66. The van der Waals surface area contributed by atoms with Crippen LogP contribution in [-0.2, 0) is 0 Å². The second kappa shape index (κ2) is 5.55. The lowest BCUT2D eigenvalue weighted by atomic mass is 9.71. The summed E-state index contributed by atoms with van der Waals surface area (Å²) in [6, 6.07) is 0. The summed E-state index contributed by atoms with van der Waals surface area (Å²) in [6.07, 6.45) is 5.12. The zero-order chi connectivity index (χ0) is 12.2.